The molecule has 0 unspecified atom stereocenters. The number of benzene rings is 1. The standard InChI is InChI=1S/C17H22N2O4/c1-5-20-11(2)16-18-14(23-19-16)10-21-13-8-6-7-12-9-17(3,4)22-15(12)13/h6-8,11H,5,9-10H2,1-4H3/t11-/m1/s1. The van der Waals surface area contributed by atoms with Crippen molar-refractivity contribution >= 4 is 0 Å². The molecule has 0 aliphatic carbocycles. The van der Waals surface area contributed by atoms with Crippen molar-refractivity contribution in [2.75, 3.05) is 6.61 Å². The Bertz CT molecular complexity index is 681. The number of aromatic nitrogens is 2. The topological polar surface area (TPSA) is 66.6 Å². The van der Waals surface area contributed by atoms with E-state index in [-0.39, 0.29) is 18.3 Å². The number of nitrogens with zero attached hydrogens (tertiary/aromatic N) is 2. The van der Waals surface area contributed by atoms with Gasteiger partial charge < -0.3 is 18.7 Å². The average Bonchev–Trinajstić information content (AvgIpc) is 3.08. The Kier molecular flexibility index (Phi) is 4.26. The van der Waals surface area contributed by atoms with Gasteiger partial charge in [-0.05, 0) is 33.8 Å². The minimum Gasteiger partial charge on any atom is -0.483 e. The normalized spacial score (nSPS) is 16.7. The Morgan fingerprint density at radius 1 is 1.35 bits per heavy atom. The van der Waals surface area contributed by atoms with Gasteiger partial charge in [0, 0.05) is 18.6 Å². The number of hydrogen-bond acceptors (Lipinski definition) is 6. The highest BCUT2D eigenvalue weighted by Crippen LogP contribution is 2.41. The second-order valence-electron chi connectivity index (χ2n) is 6.22. The Hall–Kier alpha value is -2.08. The van der Waals surface area contributed by atoms with Crippen LogP contribution in [0.25, 0.3) is 0 Å². The zero-order valence-corrected chi connectivity index (χ0v) is 14.0. The van der Waals surface area contributed by atoms with Crippen LogP contribution in [0.5, 0.6) is 11.5 Å². The zero-order valence-electron chi connectivity index (χ0n) is 14.0. The lowest BCUT2D eigenvalue weighted by Crippen LogP contribution is -2.24. The van der Waals surface area contributed by atoms with E-state index in [1.54, 1.807) is 0 Å². The molecule has 23 heavy (non-hydrogen) atoms. The van der Waals surface area contributed by atoms with E-state index in [0.29, 0.717) is 24.1 Å². The second-order valence-corrected chi connectivity index (χ2v) is 6.22. The van der Waals surface area contributed by atoms with Gasteiger partial charge in [0.2, 0.25) is 0 Å². The monoisotopic (exact) mass is 318 g/mol. The SMILES string of the molecule is CCO[C@H](C)c1noc(COc2cccc3c2OC(C)(C)C3)n1. The third kappa shape index (κ3) is 3.47. The molecular formula is C17H22N2O4. The van der Waals surface area contributed by atoms with Gasteiger partial charge in [0.05, 0.1) is 0 Å². The quantitative estimate of drug-likeness (QED) is 0.812. The summed E-state index contributed by atoms with van der Waals surface area (Å²) in [6.45, 7) is 8.75. The molecule has 2 aromatic rings. The summed E-state index contributed by atoms with van der Waals surface area (Å²) in [7, 11) is 0. The average molecular weight is 318 g/mol. The van der Waals surface area contributed by atoms with Gasteiger partial charge in [-0.1, -0.05) is 17.3 Å². The summed E-state index contributed by atoms with van der Waals surface area (Å²) < 4.78 is 22.4. The highest BCUT2D eigenvalue weighted by atomic mass is 16.5. The molecule has 1 aromatic heterocycles. The summed E-state index contributed by atoms with van der Waals surface area (Å²) in [5.41, 5.74) is 0.954. The van der Waals surface area contributed by atoms with E-state index in [4.69, 9.17) is 18.7 Å². The van der Waals surface area contributed by atoms with E-state index in [1.807, 2.05) is 26.0 Å². The largest absolute Gasteiger partial charge is 0.483 e. The van der Waals surface area contributed by atoms with Crippen LogP contribution in [0.15, 0.2) is 22.7 Å². The highest BCUT2D eigenvalue weighted by molar-refractivity contribution is 5.50. The molecule has 0 amide bonds. The Balaban J connectivity index is 1.67. The number of fused-ring (bicyclic) bond motifs is 1. The van der Waals surface area contributed by atoms with E-state index in [1.165, 1.54) is 0 Å². The Morgan fingerprint density at radius 3 is 2.96 bits per heavy atom. The first-order valence-electron chi connectivity index (χ1n) is 7.86. The van der Waals surface area contributed by atoms with Crippen molar-refractivity contribution in [1.82, 2.24) is 10.1 Å². The molecule has 6 heteroatoms. The zero-order chi connectivity index (χ0) is 16.4. The van der Waals surface area contributed by atoms with Crippen molar-refractivity contribution in [3.63, 3.8) is 0 Å². The van der Waals surface area contributed by atoms with Gasteiger partial charge in [-0.15, -0.1) is 0 Å². The molecule has 0 fully saturated rings. The van der Waals surface area contributed by atoms with Crippen LogP contribution in [0, 0.1) is 0 Å². The maximum absolute atomic E-state index is 5.98. The van der Waals surface area contributed by atoms with Gasteiger partial charge in [-0.2, -0.15) is 4.98 Å². The van der Waals surface area contributed by atoms with Crippen LogP contribution in [0.1, 0.15) is 51.1 Å². The van der Waals surface area contributed by atoms with Crippen LogP contribution in [-0.2, 0) is 17.8 Å². The fourth-order valence-electron chi connectivity index (χ4n) is 2.66. The summed E-state index contributed by atoms with van der Waals surface area (Å²) in [6, 6.07) is 5.92. The van der Waals surface area contributed by atoms with E-state index in [2.05, 4.69) is 30.1 Å². The molecule has 0 saturated heterocycles. The lowest BCUT2D eigenvalue weighted by molar-refractivity contribution is 0.0683. The van der Waals surface area contributed by atoms with Crippen molar-refractivity contribution in [2.24, 2.45) is 0 Å². The smallest absolute Gasteiger partial charge is 0.264 e. The van der Waals surface area contributed by atoms with E-state index in [9.17, 15) is 0 Å². The Labute approximate surface area is 135 Å². The van der Waals surface area contributed by atoms with Crippen LogP contribution in [0.3, 0.4) is 0 Å². The van der Waals surface area contributed by atoms with Crippen molar-refractivity contribution in [3.8, 4) is 11.5 Å². The van der Waals surface area contributed by atoms with Crippen molar-refractivity contribution in [2.45, 2.75) is 52.4 Å². The molecule has 6 nitrogen and oxygen atoms in total. The molecule has 1 aromatic carbocycles. The summed E-state index contributed by atoms with van der Waals surface area (Å²) in [6.07, 6.45) is 0.679. The first-order valence-corrected chi connectivity index (χ1v) is 7.86. The van der Waals surface area contributed by atoms with E-state index < -0.39 is 0 Å². The molecule has 1 aliphatic heterocycles. The molecule has 0 saturated carbocycles. The van der Waals surface area contributed by atoms with Gasteiger partial charge in [0.15, 0.2) is 23.9 Å². The van der Waals surface area contributed by atoms with Crippen molar-refractivity contribution in [1.29, 1.82) is 0 Å². The molecule has 1 aliphatic rings. The van der Waals surface area contributed by atoms with Crippen LogP contribution < -0.4 is 9.47 Å². The van der Waals surface area contributed by atoms with Crippen LogP contribution in [-0.4, -0.2) is 22.3 Å². The summed E-state index contributed by atoms with van der Waals surface area (Å²) in [5.74, 6) is 2.45. The predicted octanol–water partition coefficient (Wildman–Crippen LogP) is 3.46. The molecule has 2 heterocycles. The van der Waals surface area contributed by atoms with Crippen LogP contribution in [0.4, 0.5) is 0 Å². The first kappa shape index (κ1) is 15.8. The summed E-state index contributed by atoms with van der Waals surface area (Å²) >= 11 is 0. The second kappa shape index (κ2) is 6.20. The van der Waals surface area contributed by atoms with E-state index >= 15 is 0 Å². The van der Waals surface area contributed by atoms with E-state index in [0.717, 1.165) is 17.7 Å². The maximum Gasteiger partial charge on any atom is 0.264 e. The molecule has 1 atom stereocenters. The highest BCUT2D eigenvalue weighted by Gasteiger charge is 2.32. The van der Waals surface area contributed by atoms with Crippen molar-refractivity contribution in [3.05, 3.63) is 35.5 Å². The summed E-state index contributed by atoms with van der Waals surface area (Å²) in [4.78, 5) is 4.30. The molecule has 0 N–H and O–H groups in total. The maximum atomic E-state index is 5.98. The molecule has 3 rings (SSSR count). The van der Waals surface area contributed by atoms with Gasteiger partial charge in [0.1, 0.15) is 11.7 Å². The molecular weight excluding hydrogens is 296 g/mol. The van der Waals surface area contributed by atoms with Crippen LogP contribution >= 0.6 is 0 Å². The lowest BCUT2D eigenvalue weighted by Gasteiger charge is -2.18. The van der Waals surface area contributed by atoms with Crippen LogP contribution in [0.2, 0.25) is 0 Å². The number of rotatable bonds is 6. The molecule has 0 bridgehead atoms. The van der Waals surface area contributed by atoms with Crippen molar-refractivity contribution < 1.29 is 18.7 Å². The number of hydrogen-bond donors (Lipinski definition) is 0. The van der Waals surface area contributed by atoms with Gasteiger partial charge in [-0.25, -0.2) is 0 Å². The molecule has 124 valence electrons. The fourth-order valence-corrected chi connectivity index (χ4v) is 2.66. The fraction of sp³-hybridized carbons (Fsp3) is 0.529. The molecule has 0 radical (unpaired) electrons. The molecule has 0 spiro atoms. The minimum absolute atomic E-state index is 0.192. The first-order chi connectivity index (χ1) is 11.0. The third-order valence-corrected chi connectivity index (χ3v) is 3.67. The van der Waals surface area contributed by atoms with Gasteiger partial charge >= 0.3 is 0 Å². The number of ether oxygens (including phenoxy) is 3. The predicted molar refractivity (Wildman–Crippen MR) is 83.5 cm³/mol. The third-order valence-electron chi connectivity index (χ3n) is 3.67. The van der Waals surface area contributed by atoms with Gasteiger partial charge in [0.25, 0.3) is 5.89 Å². The summed E-state index contributed by atoms with van der Waals surface area (Å²) in [5, 5.41) is 3.92. The Morgan fingerprint density at radius 2 is 2.17 bits per heavy atom. The number of para-hydroxylation sites is 1. The lowest BCUT2D eigenvalue weighted by atomic mass is 10.0. The minimum atomic E-state index is -0.202. The van der Waals surface area contributed by atoms with Gasteiger partial charge in [-0.3, -0.25) is 0 Å².